The quantitative estimate of drug-likeness (QED) is 0.634. The van der Waals surface area contributed by atoms with Crippen LogP contribution < -0.4 is 16.4 Å². The molecule has 2 amide bonds. The molecule has 0 aliphatic heterocycles. The SMILES string of the molecule is Cc1cccc(NC(=O)CNC(=O)CN)n1. The van der Waals surface area contributed by atoms with E-state index in [1.54, 1.807) is 12.1 Å². The largest absolute Gasteiger partial charge is 0.346 e. The summed E-state index contributed by atoms with van der Waals surface area (Å²) in [6.07, 6.45) is 0. The molecule has 0 radical (unpaired) electrons. The van der Waals surface area contributed by atoms with E-state index in [0.717, 1.165) is 5.69 Å². The average Bonchev–Trinajstić information content (AvgIpc) is 2.26. The number of pyridine rings is 1. The van der Waals surface area contributed by atoms with E-state index >= 15 is 0 Å². The van der Waals surface area contributed by atoms with Crippen molar-refractivity contribution in [3.8, 4) is 0 Å². The molecule has 0 spiro atoms. The topological polar surface area (TPSA) is 97.1 Å². The summed E-state index contributed by atoms with van der Waals surface area (Å²) < 4.78 is 0. The van der Waals surface area contributed by atoms with Gasteiger partial charge in [0.1, 0.15) is 5.82 Å². The summed E-state index contributed by atoms with van der Waals surface area (Å²) in [7, 11) is 0. The highest BCUT2D eigenvalue weighted by Gasteiger charge is 2.04. The van der Waals surface area contributed by atoms with Crippen LogP contribution in [0, 0.1) is 6.92 Å². The van der Waals surface area contributed by atoms with Gasteiger partial charge in [0.15, 0.2) is 0 Å². The first-order valence-corrected chi connectivity index (χ1v) is 4.82. The van der Waals surface area contributed by atoms with Gasteiger partial charge in [-0.05, 0) is 19.1 Å². The van der Waals surface area contributed by atoms with Gasteiger partial charge in [0.25, 0.3) is 0 Å². The molecule has 1 aromatic heterocycles. The van der Waals surface area contributed by atoms with Crippen LogP contribution >= 0.6 is 0 Å². The second-order valence-corrected chi connectivity index (χ2v) is 3.19. The average molecular weight is 222 g/mol. The lowest BCUT2D eigenvalue weighted by Crippen LogP contribution is -2.36. The third-order valence-electron chi connectivity index (χ3n) is 1.79. The minimum Gasteiger partial charge on any atom is -0.346 e. The predicted octanol–water partition coefficient (Wildman–Crippen LogP) is -0.597. The van der Waals surface area contributed by atoms with Gasteiger partial charge in [-0.3, -0.25) is 9.59 Å². The molecular formula is C10H14N4O2. The van der Waals surface area contributed by atoms with Gasteiger partial charge in [-0.25, -0.2) is 4.98 Å². The van der Waals surface area contributed by atoms with Gasteiger partial charge in [0.2, 0.25) is 11.8 Å². The molecule has 4 N–H and O–H groups in total. The Balaban J connectivity index is 2.43. The lowest BCUT2D eigenvalue weighted by molar-refractivity contribution is -0.123. The van der Waals surface area contributed by atoms with Crippen molar-refractivity contribution in [2.45, 2.75) is 6.92 Å². The van der Waals surface area contributed by atoms with Crippen LogP contribution in [0.15, 0.2) is 18.2 Å². The Morgan fingerprint density at radius 3 is 2.75 bits per heavy atom. The number of nitrogens with zero attached hydrogens (tertiary/aromatic N) is 1. The van der Waals surface area contributed by atoms with Crippen LogP contribution in [0.2, 0.25) is 0 Å². The van der Waals surface area contributed by atoms with Crippen LogP contribution in [-0.2, 0) is 9.59 Å². The molecule has 86 valence electrons. The highest BCUT2D eigenvalue weighted by Crippen LogP contribution is 2.02. The Morgan fingerprint density at radius 2 is 2.12 bits per heavy atom. The number of rotatable bonds is 4. The van der Waals surface area contributed by atoms with Crippen molar-refractivity contribution < 1.29 is 9.59 Å². The number of aryl methyl sites for hydroxylation is 1. The third-order valence-corrected chi connectivity index (χ3v) is 1.79. The van der Waals surface area contributed by atoms with Crippen LogP contribution in [-0.4, -0.2) is 29.9 Å². The molecule has 0 bridgehead atoms. The van der Waals surface area contributed by atoms with Crippen LogP contribution in [0.5, 0.6) is 0 Å². The number of carbonyl (C=O) groups is 2. The van der Waals surface area contributed by atoms with Crippen LogP contribution in [0.3, 0.4) is 0 Å². The Kier molecular flexibility index (Phi) is 4.41. The number of amides is 2. The molecule has 1 heterocycles. The first kappa shape index (κ1) is 12.1. The molecule has 0 unspecified atom stereocenters. The second kappa shape index (κ2) is 5.82. The van der Waals surface area contributed by atoms with Gasteiger partial charge in [-0.1, -0.05) is 6.07 Å². The number of nitrogens with one attached hydrogen (secondary N) is 2. The van der Waals surface area contributed by atoms with Crippen LogP contribution in [0.25, 0.3) is 0 Å². The zero-order valence-electron chi connectivity index (χ0n) is 8.99. The molecule has 6 nitrogen and oxygen atoms in total. The van der Waals surface area contributed by atoms with Gasteiger partial charge in [0.05, 0.1) is 13.1 Å². The first-order chi connectivity index (χ1) is 7.61. The van der Waals surface area contributed by atoms with Crippen molar-refractivity contribution in [1.29, 1.82) is 0 Å². The molecule has 6 heteroatoms. The van der Waals surface area contributed by atoms with Crippen molar-refractivity contribution >= 4 is 17.6 Å². The molecule has 1 rings (SSSR count). The molecule has 0 atom stereocenters. The van der Waals surface area contributed by atoms with Crippen molar-refractivity contribution in [2.75, 3.05) is 18.4 Å². The number of hydrogen-bond acceptors (Lipinski definition) is 4. The number of anilines is 1. The summed E-state index contributed by atoms with van der Waals surface area (Å²) in [4.78, 5) is 26.2. The highest BCUT2D eigenvalue weighted by molar-refractivity contribution is 5.93. The van der Waals surface area contributed by atoms with E-state index in [4.69, 9.17) is 5.73 Å². The normalized spacial score (nSPS) is 9.62. The summed E-state index contributed by atoms with van der Waals surface area (Å²) in [5.74, 6) is -0.237. The minimum absolute atomic E-state index is 0.106. The van der Waals surface area contributed by atoms with Gasteiger partial charge in [0, 0.05) is 5.69 Å². The molecule has 0 aliphatic carbocycles. The first-order valence-electron chi connectivity index (χ1n) is 4.82. The maximum absolute atomic E-state index is 11.3. The number of aromatic nitrogens is 1. The highest BCUT2D eigenvalue weighted by atomic mass is 16.2. The zero-order valence-corrected chi connectivity index (χ0v) is 8.99. The lowest BCUT2D eigenvalue weighted by Gasteiger charge is -2.05. The summed E-state index contributed by atoms with van der Waals surface area (Å²) >= 11 is 0. The van der Waals surface area contributed by atoms with Gasteiger partial charge < -0.3 is 16.4 Å². The summed E-state index contributed by atoms with van der Waals surface area (Å²) in [5.41, 5.74) is 5.88. The number of carbonyl (C=O) groups excluding carboxylic acids is 2. The Hall–Kier alpha value is -1.95. The van der Waals surface area contributed by atoms with Crippen molar-refractivity contribution in [1.82, 2.24) is 10.3 Å². The fourth-order valence-corrected chi connectivity index (χ4v) is 1.05. The molecule has 0 aliphatic rings. The van der Waals surface area contributed by atoms with E-state index in [-0.39, 0.29) is 24.9 Å². The minimum atomic E-state index is -0.368. The van der Waals surface area contributed by atoms with E-state index in [2.05, 4.69) is 15.6 Å². The lowest BCUT2D eigenvalue weighted by atomic mass is 10.4. The summed E-state index contributed by atoms with van der Waals surface area (Å²) in [5, 5.41) is 4.92. The van der Waals surface area contributed by atoms with E-state index in [1.807, 2.05) is 13.0 Å². The molecule has 0 saturated carbocycles. The maximum atomic E-state index is 11.3. The smallest absolute Gasteiger partial charge is 0.244 e. The monoisotopic (exact) mass is 222 g/mol. The molecular weight excluding hydrogens is 208 g/mol. The molecule has 0 saturated heterocycles. The summed E-state index contributed by atoms with van der Waals surface area (Å²) in [6, 6.07) is 5.29. The van der Waals surface area contributed by atoms with Gasteiger partial charge >= 0.3 is 0 Å². The Labute approximate surface area is 93.2 Å². The number of hydrogen-bond donors (Lipinski definition) is 3. The fourth-order valence-electron chi connectivity index (χ4n) is 1.05. The summed E-state index contributed by atoms with van der Waals surface area (Å²) in [6.45, 7) is 1.59. The molecule has 16 heavy (non-hydrogen) atoms. The van der Waals surface area contributed by atoms with Crippen LogP contribution in [0.1, 0.15) is 5.69 Å². The molecule has 0 aromatic carbocycles. The van der Waals surface area contributed by atoms with E-state index < -0.39 is 0 Å². The Morgan fingerprint density at radius 1 is 1.38 bits per heavy atom. The molecule has 1 aromatic rings. The van der Waals surface area contributed by atoms with Crippen molar-refractivity contribution in [3.05, 3.63) is 23.9 Å². The van der Waals surface area contributed by atoms with Crippen molar-refractivity contribution in [3.63, 3.8) is 0 Å². The molecule has 0 fully saturated rings. The van der Waals surface area contributed by atoms with Gasteiger partial charge in [-0.2, -0.15) is 0 Å². The van der Waals surface area contributed by atoms with Crippen LogP contribution in [0.4, 0.5) is 5.82 Å². The fraction of sp³-hybridized carbons (Fsp3) is 0.300. The van der Waals surface area contributed by atoms with Gasteiger partial charge in [-0.15, -0.1) is 0 Å². The standard InChI is InChI=1S/C10H14N4O2/c1-7-3-2-4-8(13-7)14-10(16)6-12-9(15)5-11/h2-4H,5-6,11H2,1H3,(H,12,15)(H,13,14,16). The zero-order chi connectivity index (χ0) is 12.0. The third kappa shape index (κ3) is 4.05. The van der Waals surface area contributed by atoms with E-state index in [0.29, 0.717) is 5.82 Å². The number of nitrogens with two attached hydrogens (primary N) is 1. The maximum Gasteiger partial charge on any atom is 0.244 e. The Bertz CT molecular complexity index is 392. The van der Waals surface area contributed by atoms with E-state index in [9.17, 15) is 9.59 Å². The second-order valence-electron chi connectivity index (χ2n) is 3.19. The van der Waals surface area contributed by atoms with E-state index in [1.165, 1.54) is 0 Å². The van der Waals surface area contributed by atoms with Crippen molar-refractivity contribution in [2.24, 2.45) is 5.73 Å². The predicted molar refractivity (Wildman–Crippen MR) is 59.7 cm³/mol.